The molecule has 0 saturated heterocycles. The van der Waals surface area contributed by atoms with Crippen molar-refractivity contribution in [2.24, 2.45) is 0 Å². The molecule has 2 aromatic carbocycles. The number of aromatic nitrogens is 1. The number of ether oxygens (including phenoxy) is 1. The normalized spacial score (nSPS) is 21.4. The lowest BCUT2D eigenvalue weighted by molar-refractivity contribution is 0.0594. The quantitative estimate of drug-likeness (QED) is 0.416. The minimum atomic E-state index is -3.72. The maximum atomic E-state index is 13.6. The first-order valence-electron chi connectivity index (χ1n) is 12.9. The minimum Gasteiger partial charge on any atom is -0.471 e. The number of carbonyl (C=O) groups excluding carboxylic acids is 1. The van der Waals surface area contributed by atoms with Gasteiger partial charge in [0.2, 0.25) is 15.9 Å². The lowest BCUT2D eigenvalue weighted by Gasteiger charge is -2.38. The van der Waals surface area contributed by atoms with Crippen LogP contribution in [0.5, 0.6) is 5.88 Å². The van der Waals surface area contributed by atoms with Crippen LogP contribution in [0, 0.1) is 0 Å². The number of aryl methyl sites for hydroxylation is 1. The fraction of sp³-hybridized carbons (Fsp3) is 0.379. The Kier molecular flexibility index (Phi) is 6.78. The van der Waals surface area contributed by atoms with Gasteiger partial charge in [-0.2, -0.15) is 0 Å². The second-order valence-corrected chi connectivity index (χ2v) is 12.8. The molecule has 38 heavy (non-hydrogen) atoms. The summed E-state index contributed by atoms with van der Waals surface area (Å²) in [6, 6.07) is 15.6. The Labute approximate surface area is 229 Å². The molecule has 1 N–H and O–H groups in total. The van der Waals surface area contributed by atoms with Gasteiger partial charge in [0, 0.05) is 40.5 Å². The van der Waals surface area contributed by atoms with E-state index in [9.17, 15) is 13.2 Å². The summed E-state index contributed by atoms with van der Waals surface area (Å²) in [7, 11) is -3.72. The fourth-order valence-electron chi connectivity index (χ4n) is 5.52. The van der Waals surface area contributed by atoms with Gasteiger partial charge >= 0.3 is 0 Å². The maximum Gasteiger partial charge on any atom is 0.259 e. The standard InChI is InChI=1S/C29H32ClN3O4S/c1-5-19-10-12-23(13-11-19)38(35,36)32-25-16-29(25)18-28(3,4)37-26-24(29)14-20(17-31-26)27(34)33(6-2)22-9-7-8-21(30)15-22/h7-15,17,25,32H,5-6,16,18H2,1-4H3. The van der Waals surface area contributed by atoms with E-state index < -0.39 is 21.0 Å². The van der Waals surface area contributed by atoms with Crippen LogP contribution in [0.3, 0.4) is 0 Å². The predicted molar refractivity (Wildman–Crippen MR) is 149 cm³/mol. The number of nitrogens with zero attached hydrogens (tertiary/aromatic N) is 2. The number of fused-ring (bicyclic) bond motifs is 2. The monoisotopic (exact) mass is 553 g/mol. The minimum absolute atomic E-state index is 0.209. The smallest absolute Gasteiger partial charge is 0.259 e. The van der Waals surface area contributed by atoms with Crippen LogP contribution in [0.15, 0.2) is 65.7 Å². The molecule has 1 saturated carbocycles. The molecule has 1 aliphatic heterocycles. The number of halogens is 1. The number of hydrogen-bond acceptors (Lipinski definition) is 5. The summed E-state index contributed by atoms with van der Waals surface area (Å²) < 4.78 is 35.6. The van der Waals surface area contributed by atoms with Crippen molar-refractivity contribution in [1.29, 1.82) is 0 Å². The molecule has 0 radical (unpaired) electrons. The van der Waals surface area contributed by atoms with E-state index in [1.807, 2.05) is 52.0 Å². The van der Waals surface area contributed by atoms with Gasteiger partial charge in [-0.25, -0.2) is 18.1 Å². The highest BCUT2D eigenvalue weighted by atomic mass is 35.5. The molecule has 1 aliphatic carbocycles. The van der Waals surface area contributed by atoms with Crippen molar-refractivity contribution in [2.45, 2.75) is 68.9 Å². The molecule has 3 aromatic rings. The third-order valence-electron chi connectivity index (χ3n) is 7.44. The molecule has 1 spiro atoms. The zero-order chi connectivity index (χ0) is 27.3. The topological polar surface area (TPSA) is 88.6 Å². The molecule has 7 nitrogen and oxygen atoms in total. The van der Waals surface area contributed by atoms with Crippen molar-refractivity contribution in [1.82, 2.24) is 9.71 Å². The highest BCUT2D eigenvalue weighted by Gasteiger charge is 2.62. The molecule has 0 bridgehead atoms. The molecule has 200 valence electrons. The van der Waals surface area contributed by atoms with Gasteiger partial charge in [-0.3, -0.25) is 4.79 Å². The van der Waals surface area contributed by atoms with Crippen molar-refractivity contribution in [3.05, 3.63) is 82.5 Å². The molecular formula is C29H32ClN3O4S. The van der Waals surface area contributed by atoms with Crippen LogP contribution in [0.2, 0.25) is 5.02 Å². The summed E-state index contributed by atoms with van der Waals surface area (Å²) in [5.41, 5.74) is 1.90. The second kappa shape index (κ2) is 9.67. The predicted octanol–water partition coefficient (Wildman–Crippen LogP) is 5.51. The number of carbonyl (C=O) groups is 1. The SMILES string of the molecule is CCc1ccc(S(=O)(=O)NC2CC23CC(C)(C)Oc2ncc(C(=O)N(CC)c4cccc(Cl)c4)cc23)cc1. The van der Waals surface area contributed by atoms with E-state index in [2.05, 4.69) is 9.71 Å². The van der Waals surface area contributed by atoms with Gasteiger partial charge in [-0.15, -0.1) is 0 Å². The first-order valence-corrected chi connectivity index (χ1v) is 14.7. The van der Waals surface area contributed by atoms with Gasteiger partial charge in [0.15, 0.2) is 0 Å². The van der Waals surface area contributed by atoms with E-state index in [0.29, 0.717) is 41.5 Å². The summed E-state index contributed by atoms with van der Waals surface area (Å²) >= 11 is 6.17. The number of benzene rings is 2. The summed E-state index contributed by atoms with van der Waals surface area (Å²) in [5, 5.41) is 0.546. The van der Waals surface area contributed by atoms with Gasteiger partial charge in [0.1, 0.15) is 5.60 Å². The first-order chi connectivity index (χ1) is 18.0. The van der Waals surface area contributed by atoms with Crippen LogP contribution in [0.25, 0.3) is 0 Å². The Morgan fingerprint density at radius 2 is 1.89 bits per heavy atom. The highest BCUT2D eigenvalue weighted by Crippen LogP contribution is 2.59. The summed E-state index contributed by atoms with van der Waals surface area (Å²) in [4.78, 5) is 20.0. The van der Waals surface area contributed by atoms with E-state index in [4.69, 9.17) is 16.3 Å². The molecule has 1 aromatic heterocycles. The van der Waals surface area contributed by atoms with Gasteiger partial charge in [0.25, 0.3) is 5.91 Å². The molecule has 5 rings (SSSR count). The van der Waals surface area contributed by atoms with Crippen molar-refractivity contribution in [3.8, 4) is 5.88 Å². The Balaban J connectivity index is 1.46. The number of rotatable bonds is 7. The van der Waals surface area contributed by atoms with E-state index >= 15 is 0 Å². The molecule has 2 unspecified atom stereocenters. The third-order valence-corrected chi connectivity index (χ3v) is 9.17. The number of nitrogens with one attached hydrogen (secondary N) is 1. The average molecular weight is 554 g/mol. The van der Waals surface area contributed by atoms with E-state index in [1.165, 1.54) is 6.20 Å². The number of sulfonamides is 1. The molecule has 1 amide bonds. The molecule has 1 fully saturated rings. The zero-order valence-corrected chi connectivity index (χ0v) is 23.6. The van der Waals surface area contributed by atoms with Crippen molar-refractivity contribution >= 4 is 33.2 Å². The van der Waals surface area contributed by atoms with Gasteiger partial charge in [0.05, 0.1) is 10.5 Å². The van der Waals surface area contributed by atoms with E-state index in [0.717, 1.165) is 17.5 Å². The van der Waals surface area contributed by atoms with Crippen LogP contribution in [-0.2, 0) is 21.9 Å². The van der Waals surface area contributed by atoms with Gasteiger partial charge in [-0.1, -0.05) is 36.7 Å². The zero-order valence-electron chi connectivity index (χ0n) is 22.0. The summed E-state index contributed by atoms with van der Waals surface area (Å²) in [5.74, 6) is 0.233. The Morgan fingerprint density at radius 3 is 2.55 bits per heavy atom. The largest absolute Gasteiger partial charge is 0.471 e. The van der Waals surface area contributed by atoms with Crippen molar-refractivity contribution in [2.75, 3.05) is 11.4 Å². The summed E-state index contributed by atoms with van der Waals surface area (Å²) in [6.45, 7) is 8.33. The second-order valence-electron chi connectivity index (χ2n) is 10.7. The Morgan fingerprint density at radius 1 is 1.16 bits per heavy atom. The Hall–Kier alpha value is -2.94. The van der Waals surface area contributed by atoms with Crippen LogP contribution < -0.4 is 14.4 Å². The van der Waals surface area contributed by atoms with Crippen molar-refractivity contribution in [3.63, 3.8) is 0 Å². The number of amides is 1. The lowest BCUT2D eigenvalue weighted by atomic mass is 9.81. The number of hydrogen-bond donors (Lipinski definition) is 1. The lowest BCUT2D eigenvalue weighted by Crippen LogP contribution is -2.43. The summed E-state index contributed by atoms with van der Waals surface area (Å²) in [6.07, 6.45) is 3.57. The number of pyridine rings is 1. The average Bonchev–Trinajstić information content (AvgIpc) is 3.53. The van der Waals surface area contributed by atoms with Crippen LogP contribution in [0.4, 0.5) is 5.69 Å². The van der Waals surface area contributed by atoms with Gasteiger partial charge < -0.3 is 9.64 Å². The van der Waals surface area contributed by atoms with Crippen LogP contribution >= 0.6 is 11.6 Å². The first kappa shape index (κ1) is 26.7. The highest BCUT2D eigenvalue weighted by molar-refractivity contribution is 7.89. The number of anilines is 1. The fourth-order valence-corrected chi connectivity index (χ4v) is 7.01. The van der Waals surface area contributed by atoms with Gasteiger partial charge in [-0.05, 0) is 82.0 Å². The Bertz CT molecular complexity index is 1490. The molecule has 9 heteroatoms. The maximum absolute atomic E-state index is 13.6. The molecule has 2 heterocycles. The van der Waals surface area contributed by atoms with Crippen LogP contribution in [0.1, 0.15) is 62.0 Å². The van der Waals surface area contributed by atoms with Crippen LogP contribution in [-0.4, -0.2) is 37.5 Å². The third kappa shape index (κ3) is 4.93. The molecule has 2 atom stereocenters. The molecule has 2 aliphatic rings. The van der Waals surface area contributed by atoms with E-state index in [-0.39, 0.29) is 16.8 Å². The van der Waals surface area contributed by atoms with Crippen molar-refractivity contribution < 1.29 is 17.9 Å². The van der Waals surface area contributed by atoms with E-state index in [1.54, 1.807) is 35.2 Å². The molecular weight excluding hydrogens is 522 g/mol.